The maximum absolute atomic E-state index is 12.1. The monoisotopic (exact) mass is 238 g/mol. The van der Waals surface area contributed by atoms with Gasteiger partial charge in [-0.05, 0) is 50.6 Å². The molecule has 2 fully saturated rings. The summed E-state index contributed by atoms with van der Waals surface area (Å²) in [5, 5.41) is 6.72. The molecule has 1 amide bonds. The predicted molar refractivity (Wildman–Crippen MR) is 69.7 cm³/mol. The van der Waals surface area contributed by atoms with Crippen LogP contribution in [0.2, 0.25) is 0 Å². The molecule has 1 aliphatic carbocycles. The van der Waals surface area contributed by atoms with Gasteiger partial charge in [0.1, 0.15) is 0 Å². The molecule has 1 unspecified atom stereocenters. The molecule has 2 rings (SSSR count). The fourth-order valence-corrected chi connectivity index (χ4v) is 2.97. The molecule has 3 atom stereocenters. The molecule has 98 valence electrons. The summed E-state index contributed by atoms with van der Waals surface area (Å²) < 4.78 is 0. The Bertz CT molecular complexity index is 288. The average molecular weight is 238 g/mol. The second-order valence-corrected chi connectivity index (χ2v) is 6.40. The van der Waals surface area contributed by atoms with E-state index in [-0.39, 0.29) is 11.3 Å². The van der Waals surface area contributed by atoms with Gasteiger partial charge in [-0.1, -0.05) is 20.8 Å². The number of carbonyl (C=O) groups excluding carboxylic acids is 1. The number of hydrogen-bond donors (Lipinski definition) is 2. The average Bonchev–Trinajstić information content (AvgIpc) is 2.76. The third kappa shape index (κ3) is 2.82. The van der Waals surface area contributed by atoms with Gasteiger partial charge in [0.2, 0.25) is 5.91 Å². The lowest BCUT2D eigenvalue weighted by Crippen LogP contribution is -2.45. The Kier molecular flexibility index (Phi) is 3.76. The quantitative estimate of drug-likeness (QED) is 0.789. The van der Waals surface area contributed by atoms with E-state index < -0.39 is 0 Å². The second kappa shape index (κ2) is 4.97. The summed E-state index contributed by atoms with van der Waals surface area (Å²) in [6.07, 6.45) is 4.51. The van der Waals surface area contributed by atoms with E-state index in [2.05, 4.69) is 17.6 Å². The third-order valence-electron chi connectivity index (χ3n) is 4.79. The van der Waals surface area contributed by atoms with E-state index in [1.807, 2.05) is 13.8 Å². The van der Waals surface area contributed by atoms with Crippen LogP contribution in [0.25, 0.3) is 0 Å². The molecule has 3 heteroatoms. The van der Waals surface area contributed by atoms with Crippen molar-refractivity contribution in [3.05, 3.63) is 0 Å². The van der Waals surface area contributed by atoms with Crippen molar-refractivity contribution in [3.63, 3.8) is 0 Å². The van der Waals surface area contributed by atoms with E-state index in [0.717, 1.165) is 31.2 Å². The molecule has 0 radical (unpaired) electrons. The van der Waals surface area contributed by atoms with E-state index in [4.69, 9.17) is 0 Å². The van der Waals surface area contributed by atoms with Crippen LogP contribution in [0.3, 0.4) is 0 Å². The Hall–Kier alpha value is -0.570. The maximum Gasteiger partial charge on any atom is 0.225 e. The Morgan fingerprint density at radius 3 is 2.71 bits per heavy atom. The van der Waals surface area contributed by atoms with Crippen LogP contribution in [-0.4, -0.2) is 25.0 Å². The van der Waals surface area contributed by atoms with Crippen LogP contribution in [0, 0.1) is 17.3 Å². The van der Waals surface area contributed by atoms with Crippen molar-refractivity contribution in [2.24, 2.45) is 17.3 Å². The van der Waals surface area contributed by atoms with Crippen LogP contribution >= 0.6 is 0 Å². The molecule has 0 aromatic heterocycles. The van der Waals surface area contributed by atoms with E-state index >= 15 is 0 Å². The first-order valence-corrected chi connectivity index (χ1v) is 7.04. The SMILES string of the molecule is CCC(C)(C)C(=O)NC1CC[C@H]2CNC[C@H]2C1. The van der Waals surface area contributed by atoms with Gasteiger partial charge in [0, 0.05) is 11.5 Å². The van der Waals surface area contributed by atoms with Crippen LogP contribution in [0.5, 0.6) is 0 Å². The van der Waals surface area contributed by atoms with Gasteiger partial charge >= 0.3 is 0 Å². The molecule has 2 N–H and O–H groups in total. The summed E-state index contributed by atoms with van der Waals surface area (Å²) in [5.41, 5.74) is -0.217. The van der Waals surface area contributed by atoms with Crippen LogP contribution in [0.4, 0.5) is 0 Å². The van der Waals surface area contributed by atoms with Crippen LogP contribution in [0.1, 0.15) is 46.5 Å². The predicted octanol–water partition coefficient (Wildman–Crippen LogP) is 1.93. The molecule has 1 heterocycles. The zero-order valence-corrected chi connectivity index (χ0v) is 11.4. The lowest BCUT2D eigenvalue weighted by molar-refractivity contribution is -0.130. The van der Waals surface area contributed by atoms with Crippen molar-refractivity contribution < 1.29 is 4.79 Å². The van der Waals surface area contributed by atoms with Crippen LogP contribution in [-0.2, 0) is 4.79 Å². The maximum atomic E-state index is 12.1. The largest absolute Gasteiger partial charge is 0.353 e. The molecule has 0 bridgehead atoms. The van der Waals surface area contributed by atoms with Gasteiger partial charge in [0.15, 0.2) is 0 Å². The van der Waals surface area contributed by atoms with Gasteiger partial charge in [0.25, 0.3) is 0 Å². The highest BCUT2D eigenvalue weighted by Crippen LogP contribution is 2.33. The number of amides is 1. The molecular weight excluding hydrogens is 212 g/mol. The molecule has 0 aromatic rings. The van der Waals surface area contributed by atoms with Gasteiger partial charge in [-0.15, -0.1) is 0 Å². The molecule has 0 aromatic carbocycles. The Morgan fingerprint density at radius 1 is 1.29 bits per heavy atom. The molecule has 17 heavy (non-hydrogen) atoms. The first-order chi connectivity index (χ1) is 8.03. The Balaban J connectivity index is 1.86. The molecule has 1 aliphatic heterocycles. The van der Waals surface area contributed by atoms with Crippen molar-refractivity contribution in [2.75, 3.05) is 13.1 Å². The minimum Gasteiger partial charge on any atom is -0.353 e. The highest BCUT2D eigenvalue weighted by Gasteiger charge is 2.35. The zero-order valence-electron chi connectivity index (χ0n) is 11.4. The van der Waals surface area contributed by atoms with E-state index in [1.54, 1.807) is 0 Å². The third-order valence-corrected chi connectivity index (χ3v) is 4.79. The number of rotatable bonds is 3. The fourth-order valence-electron chi connectivity index (χ4n) is 2.97. The van der Waals surface area contributed by atoms with E-state index in [0.29, 0.717) is 6.04 Å². The van der Waals surface area contributed by atoms with Crippen LogP contribution < -0.4 is 10.6 Å². The molecular formula is C14H26N2O. The summed E-state index contributed by atoms with van der Waals surface area (Å²) in [6.45, 7) is 8.48. The molecule has 3 nitrogen and oxygen atoms in total. The van der Waals surface area contributed by atoms with Crippen molar-refractivity contribution in [3.8, 4) is 0 Å². The van der Waals surface area contributed by atoms with Crippen molar-refractivity contribution in [1.29, 1.82) is 0 Å². The van der Waals surface area contributed by atoms with Gasteiger partial charge in [-0.25, -0.2) is 0 Å². The molecule has 0 spiro atoms. The van der Waals surface area contributed by atoms with Crippen molar-refractivity contribution in [1.82, 2.24) is 10.6 Å². The fraction of sp³-hybridized carbons (Fsp3) is 0.929. The van der Waals surface area contributed by atoms with Gasteiger partial charge in [-0.2, -0.15) is 0 Å². The summed E-state index contributed by atoms with van der Waals surface area (Å²) in [6, 6.07) is 0.412. The normalized spacial score (nSPS) is 33.2. The lowest BCUT2D eigenvalue weighted by atomic mass is 9.78. The number of nitrogens with one attached hydrogen (secondary N) is 2. The number of hydrogen-bond acceptors (Lipinski definition) is 2. The minimum absolute atomic E-state index is 0.217. The molecule has 1 saturated heterocycles. The highest BCUT2D eigenvalue weighted by atomic mass is 16.2. The number of fused-ring (bicyclic) bond motifs is 1. The Labute approximate surface area is 105 Å². The van der Waals surface area contributed by atoms with Crippen molar-refractivity contribution in [2.45, 2.75) is 52.5 Å². The first kappa shape index (κ1) is 12.9. The standard InChI is InChI=1S/C14H26N2O/c1-4-14(2,3)13(17)16-12-6-5-10-8-15-9-11(10)7-12/h10-12,15H,4-9H2,1-3H3,(H,16,17)/t10-,11+,12?/m0/s1. The van der Waals surface area contributed by atoms with Gasteiger partial charge in [-0.3, -0.25) is 4.79 Å². The second-order valence-electron chi connectivity index (χ2n) is 6.40. The van der Waals surface area contributed by atoms with Crippen molar-refractivity contribution >= 4 is 5.91 Å². The zero-order chi connectivity index (χ0) is 12.5. The molecule has 2 aliphatic rings. The lowest BCUT2D eigenvalue weighted by Gasteiger charge is -2.33. The minimum atomic E-state index is -0.217. The van der Waals surface area contributed by atoms with E-state index in [9.17, 15) is 4.79 Å². The molecule has 1 saturated carbocycles. The summed E-state index contributed by atoms with van der Waals surface area (Å²) in [5.74, 6) is 1.88. The van der Waals surface area contributed by atoms with Gasteiger partial charge < -0.3 is 10.6 Å². The summed E-state index contributed by atoms with van der Waals surface area (Å²) >= 11 is 0. The highest BCUT2D eigenvalue weighted by molar-refractivity contribution is 5.82. The first-order valence-electron chi connectivity index (χ1n) is 7.04. The van der Waals surface area contributed by atoms with E-state index in [1.165, 1.54) is 19.4 Å². The Morgan fingerprint density at radius 2 is 2.00 bits per heavy atom. The summed E-state index contributed by atoms with van der Waals surface area (Å²) in [4.78, 5) is 12.1. The smallest absolute Gasteiger partial charge is 0.225 e. The summed E-state index contributed by atoms with van der Waals surface area (Å²) in [7, 11) is 0. The van der Waals surface area contributed by atoms with Crippen LogP contribution in [0.15, 0.2) is 0 Å². The number of carbonyl (C=O) groups is 1. The topological polar surface area (TPSA) is 41.1 Å². The van der Waals surface area contributed by atoms with Gasteiger partial charge in [0.05, 0.1) is 0 Å².